The van der Waals surface area contributed by atoms with Crippen LogP contribution in [0.15, 0.2) is 12.4 Å². The molecule has 1 atom stereocenters. The Balaban J connectivity index is 1.65. The van der Waals surface area contributed by atoms with Gasteiger partial charge in [0.2, 0.25) is 0 Å². The van der Waals surface area contributed by atoms with E-state index in [0.29, 0.717) is 0 Å². The van der Waals surface area contributed by atoms with E-state index in [2.05, 4.69) is 41.3 Å². The minimum absolute atomic E-state index is 0.230. The molecule has 5 heteroatoms. The summed E-state index contributed by atoms with van der Waals surface area (Å²) in [5, 5.41) is 11.4. The largest absolute Gasteiger partial charge is 0.312 e. The summed E-state index contributed by atoms with van der Waals surface area (Å²) < 4.78 is 1.90. The summed E-state index contributed by atoms with van der Waals surface area (Å²) in [6.45, 7) is 12.3. The Morgan fingerprint density at radius 2 is 2.17 bits per heavy atom. The van der Waals surface area contributed by atoms with Crippen LogP contribution in [0.1, 0.15) is 27.2 Å². The quantitative estimate of drug-likeness (QED) is 0.847. The fourth-order valence-corrected chi connectivity index (χ4v) is 2.33. The maximum atomic E-state index is 3.99. The van der Waals surface area contributed by atoms with Gasteiger partial charge in [0.15, 0.2) is 0 Å². The van der Waals surface area contributed by atoms with Crippen molar-refractivity contribution in [1.82, 2.24) is 25.2 Å². The molecule has 1 fully saturated rings. The van der Waals surface area contributed by atoms with E-state index in [1.165, 1.54) is 19.5 Å². The van der Waals surface area contributed by atoms with Crippen molar-refractivity contribution < 1.29 is 0 Å². The third kappa shape index (κ3) is 4.38. The fraction of sp³-hybridized carbons (Fsp3) is 0.846. The van der Waals surface area contributed by atoms with Crippen LogP contribution in [0.25, 0.3) is 0 Å². The molecule has 1 aromatic rings. The average Bonchev–Trinajstić information content (AvgIpc) is 2.94. The second-order valence-corrected chi connectivity index (χ2v) is 6.25. The molecule has 0 radical (unpaired) electrons. The molecule has 2 rings (SSSR count). The number of likely N-dealkylation sites (tertiary alicyclic amines) is 1. The first kappa shape index (κ1) is 13.5. The highest BCUT2D eigenvalue weighted by atomic mass is 15.4. The molecule has 1 N–H and O–H groups in total. The first-order valence-electron chi connectivity index (χ1n) is 6.84. The zero-order valence-corrected chi connectivity index (χ0v) is 11.8. The van der Waals surface area contributed by atoms with Gasteiger partial charge in [0, 0.05) is 24.8 Å². The van der Waals surface area contributed by atoms with Crippen molar-refractivity contribution in [2.45, 2.75) is 39.3 Å². The summed E-state index contributed by atoms with van der Waals surface area (Å²) in [5.74, 6) is 0.792. The lowest BCUT2D eigenvalue weighted by Gasteiger charge is -2.23. The Bertz CT molecular complexity index is 341. The molecule has 0 bridgehead atoms. The SMILES string of the molecule is CC(C)(C)NCC1CCN(CCn2ccnn2)C1. The Morgan fingerprint density at radius 3 is 2.83 bits per heavy atom. The molecule has 1 unspecified atom stereocenters. The van der Waals surface area contributed by atoms with Crippen molar-refractivity contribution in [2.75, 3.05) is 26.2 Å². The maximum Gasteiger partial charge on any atom is 0.0692 e. The predicted molar refractivity (Wildman–Crippen MR) is 72.3 cm³/mol. The summed E-state index contributed by atoms with van der Waals surface area (Å²) in [5.41, 5.74) is 0.230. The van der Waals surface area contributed by atoms with Crippen LogP contribution in [0.5, 0.6) is 0 Å². The van der Waals surface area contributed by atoms with Gasteiger partial charge in [0.05, 0.1) is 12.7 Å². The molecule has 102 valence electrons. The van der Waals surface area contributed by atoms with E-state index < -0.39 is 0 Å². The van der Waals surface area contributed by atoms with Crippen LogP contribution in [0.2, 0.25) is 0 Å². The summed E-state index contributed by atoms with van der Waals surface area (Å²) >= 11 is 0. The highest BCUT2D eigenvalue weighted by Gasteiger charge is 2.23. The van der Waals surface area contributed by atoms with Gasteiger partial charge in [0.25, 0.3) is 0 Å². The highest BCUT2D eigenvalue weighted by Crippen LogP contribution is 2.16. The fourth-order valence-electron chi connectivity index (χ4n) is 2.33. The standard InChI is InChI=1S/C13H25N5/c1-13(2,3)14-10-12-4-6-17(11-12)8-9-18-7-5-15-16-18/h5,7,12,14H,4,6,8-11H2,1-3H3. The van der Waals surface area contributed by atoms with Gasteiger partial charge in [-0.2, -0.15) is 0 Å². The molecular formula is C13H25N5. The van der Waals surface area contributed by atoms with E-state index >= 15 is 0 Å². The first-order chi connectivity index (χ1) is 8.53. The van der Waals surface area contributed by atoms with Crippen LogP contribution in [0, 0.1) is 5.92 Å². The Morgan fingerprint density at radius 1 is 1.33 bits per heavy atom. The van der Waals surface area contributed by atoms with Crippen LogP contribution < -0.4 is 5.32 Å². The number of nitrogens with zero attached hydrogens (tertiary/aromatic N) is 4. The minimum Gasteiger partial charge on any atom is -0.312 e. The van der Waals surface area contributed by atoms with E-state index in [4.69, 9.17) is 0 Å². The molecule has 1 aliphatic heterocycles. The second-order valence-electron chi connectivity index (χ2n) is 6.25. The van der Waals surface area contributed by atoms with Crippen molar-refractivity contribution in [3.63, 3.8) is 0 Å². The van der Waals surface area contributed by atoms with Gasteiger partial charge in [0.1, 0.15) is 0 Å². The van der Waals surface area contributed by atoms with Gasteiger partial charge >= 0.3 is 0 Å². The molecule has 0 saturated carbocycles. The molecule has 1 aromatic heterocycles. The van der Waals surface area contributed by atoms with Crippen LogP contribution in [0.4, 0.5) is 0 Å². The lowest BCUT2D eigenvalue weighted by atomic mass is 10.1. The van der Waals surface area contributed by atoms with Crippen LogP contribution in [-0.2, 0) is 6.54 Å². The van der Waals surface area contributed by atoms with E-state index in [1.54, 1.807) is 6.20 Å². The number of hydrogen-bond donors (Lipinski definition) is 1. The molecule has 1 saturated heterocycles. The molecule has 0 aromatic carbocycles. The normalized spacial score (nSPS) is 21.6. The first-order valence-corrected chi connectivity index (χ1v) is 6.84. The molecule has 0 spiro atoms. The summed E-state index contributed by atoms with van der Waals surface area (Å²) in [7, 11) is 0. The average molecular weight is 251 g/mol. The van der Waals surface area contributed by atoms with Gasteiger partial charge < -0.3 is 10.2 Å². The van der Waals surface area contributed by atoms with Gasteiger partial charge in [-0.25, -0.2) is 0 Å². The minimum atomic E-state index is 0.230. The lowest BCUT2D eigenvalue weighted by molar-refractivity contribution is 0.294. The smallest absolute Gasteiger partial charge is 0.0692 e. The number of aromatic nitrogens is 3. The Hall–Kier alpha value is -0.940. The van der Waals surface area contributed by atoms with E-state index in [0.717, 1.165) is 25.6 Å². The summed E-state index contributed by atoms with van der Waals surface area (Å²) in [6.07, 6.45) is 4.97. The molecule has 5 nitrogen and oxygen atoms in total. The topological polar surface area (TPSA) is 46.0 Å². The lowest BCUT2D eigenvalue weighted by Crippen LogP contribution is -2.39. The van der Waals surface area contributed by atoms with Gasteiger partial charge in [-0.05, 0) is 46.2 Å². The predicted octanol–water partition coefficient (Wildman–Crippen LogP) is 0.988. The number of hydrogen-bond acceptors (Lipinski definition) is 4. The number of nitrogens with one attached hydrogen (secondary N) is 1. The van der Waals surface area contributed by atoms with Crippen LogP contribution in [-0.4, -0.2) is 51.6 Å². The third-order valence-electron chi connectivity index (χ3n) is 3.41. The van der Waals surface area contributed by atoms with Crippen molar-refractivity contribution >= 4 is 0 Å². The molecule has 2 heterocycles. The van der Waals surface area contributed by atoms with Crippen LogP contribution in [0.3, 0.4) is 0 Å². The zero-order valence-electron chi connectivity index (χ0n) is 11.8. The maximum absolute atomic E-state index is 3.99. The van der Waals surface area contributed by atoms with Crippen LogP contribution >= 0.6 is 0 Å². The van der Waals surface area contributed by atoms with E-state index in [9.17, 15) is 0 Å². The molecule has 0 amide bonds. The second kappa shape index (κ2) is 5.80. The van der Waals surface area contributed by atoms with E-state index in [-0.39, 0.29) is 5.54 Å². The highest BCUT2D eigenvalue weighted by molar-refractivity contribution is 4.80. The monoisotopic (exact) mass is 251 g/mol. The molecule has 18 heavy (non-hydrogen) atoms. The summed E-state index contributed by atoms with van der Waals surface area (Å²) in [6, 6.07) is 0. The van der Waals surface area contributed by atoms with Crippen molar-refractivity contribution in [2.24, 2.45) is 5.92 Å². The third-order valence-corrected chi connectivity index (χ3v) is 3.41. The molecule has 0 aliphatic carbocycles. The van der Waals surface area contributed by atoms with Gasteiger partial charge in [-0.1, -0.05) is 5.21 Å². The Labute approximate surface area is 110 Å². The summed E-state index contributed by atoms with van der Waals surface area (Å²) in [4.78, 5) is 2.52. The molecular weight excluding hydrogens is 226 g/mol. The van der Waals surface area contributed by atoms with Crippen molar-refractivity contribution in [3.8, 4) is 0 Å². The zero-order chi connectivity index (χ0) is 13.0. The van der Waals surface area contributed by atoms with Crippen molar-refractivity contribution in [1.29, 1.82) is 0 Å². The Kier molecular flexibility index (Phi) is 4.35. The van der Waals surface area contributed by atoms with Gasteiger partial charge in [-0.15, -0.1) is 5.10 Å². The van der Waals surface area contributed by atoms with E-state index in [1.807, 2.05) is 10.9 Å². The van der Waals surface area contributed by atoms with Crippen molar-refractivity contribution in [3.05, 3.63) is 12.4 Å². The molecule has 1 aliphatic rings. The number of rotatable bonds is 5. The van der Waals surface area contributed by atoms with Gasteiger partial charge in [-0.3, -0.25) is 4.68 Å².